The Morgan fingerprint density at radius 2 is 1.43 bits per heavy atom. The highest BCUT2D eigenvalue weighted by atomic mass is 32.1. The Kier molecular flexibility index (Phi) is 8.28. The van der Waals surface area contributed by atoms with Crippen LogP contribution in [0.1, 0.15) is 11.4 Å². The first kappa shape index (κ1) is 25.9. The molecule has 1 aromatic heterocycles. The van der Waals surface area contributed by atoms with E-state index in [0.29, 0.717) is 42.9 Å². The van der Waals surface area contributed by atoms with Gasteiger partial charge in [-0.05, 0) is 24.6 Å². The molecule has 1 amide bonds. The van der Waals surface area contributed by atoms with Gasteiger partial charge in [0.1, 0.15) is 11.6 Å². The molecule has 0 aliphatic carbocycles. The van der Waals surface area contributed by atoms with Gasteiger partial charge < -0.3 is 9.80 Å². The highest BCUT2D eigenvalue weighted by Gasteiger charge is 2.37. The van der Waals surface area contributed by atoms with Crippen molar-refractivity contribution < 1.29 is 30.8 Å². The van der Waals surface area contributed by atoms with Crippen LogP contribution in [-0.4, -0.2) is 55.9 Å². The number of amides is 1. The molecule has 1 aliphatic rings. The molecular weight excluding hydrogens is 488 g/mol. The van der Waals surface area contributed by atoms with Gasteiger partial charge in [0.15, 0.2) is 0 Å². The van der Waals surface area contributed by atoms with Crippen LogP contribution in [0.3, 0.4) is 0 Å². The van der Waals surface area contributed by atoms with Gasteiger partial charge in [0.05, 0.1) is 11.3 Å². The number of halogens is 4. The van der Waals surface area contributed by atoms with Gasteiger partial charge in [-0.15, -0.1) is 0 Å². The van der Waals surface area contributed by atoms with Crippen molar-refractivity contribution in [2.45, 2.75) is 13.1 Å². The summed E-state index contributed by atoms with van der Waals surface area (Å²) in [4.78, 5) is 22.2. The number of hydrogen-bond donors (Lipinski definition) is 0. The van der Waals surface area contributed by atoms with Crippen LogP contribution in [-0.2, 0) is 22.5 Å². The topological polar surface area (TPSA) is 83.5 Å². The highest BCUT2D eigenvalue weighted by Crippen LogP contribution is 2.40. The number of aromatic nitrogens is 2. The number of benzene rings is 2. The highest BCUT2D eigenvalue weighted by molar-refractivity contribution is 7.51. The number of rotatable bonds is 4. The molecule has 2 heterocycles. The van der Waals surface area contributed by atoms with Gasteiger partial charge in [0, 0.05) is 31.7 Å². The van der Waals surface area contributed by atoms with E-state index in [4.69, 9.17) is 8.42 Å². The second kappa shape index (κ2) is 11.2. The number of carbonyl (C=O) groups excluding carboxylic acids is 1. The smallest absolute Gasteiger partial charge is 0.352 e. The summed E-state index contributed by atoms with van der Waals surface area (Å²) in [7, 11) is 0. The van der Waals surface area contributed by atoms with Crippen molar-refractivity contribution in [3.63, 3.8) is 0 Å². The maximum Gasteiger partial charge on any atom is 0.451 e. The lowest BCUT2D eigenvalue weighted by atomic mass is 9.98. The third-order valence-electron chi connectivity index (χ3n) is 5.36. The van der Waals surface area contributed by atoms with Crippen LogP contribution in [0.4, 0.5) is 23.4 Å². The Morgan fingerprint density at radius 3 is 1.94 bits per heavy atom. The van der Waals surface area contributed by atoms with E-state index in [2.05, 4.69) is 9.97 Å². The first-order valence-electron chi connectivity index (χ1n) is 10.4. The zero-order valence-electron chi connectivity index (χ0n) is 18.5. The molecule has 0 unspecified atom stereocenters. The lowest BCUT2D eigenvalue weighted by Crippen LogP contribution is -2.46. The van der Waals surface area contributed by atoms with E-state index < -0.39 is 29.4 Å². The van der Waals surface area contributed by atoms with Crippen LogP contribution in [0.2, 0.25) is 0 Å². The van der Waals surface area contributed by atoms with E-state index >= 15 is 0 Å². The SMILES string of the molecule is Cc1ccc(-c2nc(C(F)(F)F)nc(N3CCN(C=O)CC3)c2-c2ccc(F)cc2)cc1.O=S=O. The van der Waals surface area contributed by atoms with Gasteiger partial charge in [-0.2, -0.15) is 21.6 Å². The number of piperazine rings is 1. The van der Waals surface area contributed by atoms with Crippen LogP contribution in [0.15, 0.2) is 48.5 Å². The van der Waals surface area contributed by atoms with Gasteiger partial charge in [0.2, 0.25) is 12.2 Å². The van der Waals surface area contributed by atoms with Gasteiger partial charge in [-0.1, -0.05) is 42.0 Å². The molecule has 7 nitrogen and oxygen atoms in total. The number of aryl methyl sites for hydroxylation is 1. The fourth-order valence-corrected chi connectivity index (χ4v) is 3.65. The Labute approximate surface area is 202 Å². The van der Waals surface area contributed by atoms with Crippen LogP contribution in [0.25, 0.3) is 22.4 Å². The van der Waals surface area contributed by atoms with Crippen LogP contribution >= 0.6 is 0 Å². The predicted molar refractivity (Wildman–Crippen MR) is 121 cm³/mol. The van der Waals surface area contributed by atoms with Gasteiger partial charge in [-0.3, -0.25) is 4.79 Å². The third-order valence-corrected chi connectivity index (χ3v) is 5.36. The molecule has 184 valence electrons. The van der Waals surface area contributed by atoms with Crippen molar-refractivity contribution in [1.82, 2.24) is 14.9 Å². The van der Waals surface area contributed by atoms with Crippen molar-refractivity contribution in [1.29, 1.82) is 0 Å². The van der Waals surface area contributed by atoms with Crippen LogP contribution < -0.4 is 4.90 Å². The minimum absolute atomic E-state index is 0.111. The molecule has 0 atom stereocenters. The lowest BCUT2D eigenvalue weighted by Gasteiger charge is -2.35. The number of anilines is 1. The van der Waals surface area contributed by atoms with Crippen molar-refractivity contribution >= 4 is 23.8 Å². The summed E-state index contributed by atoms with van der Waals surface area (Å²) >= 11 is -0.750. The first-order valence-corrected chi connectivity index (χ1v) is 11.0. The molecule has 0 bridgehead atoms. The first-order chi connectivity index (χ1) is 16.7. The van der Waals surface area contributed by atoms with Gasteiger partial charge in [0.25, 0.3) is 0 Å². The summed E-state index contributed by atoms with van der Waals surface area (Å²) < 4.78 is 71.4. The molecule has 0 radical (unpaired) electrons. The van der Waals surface area contributed by atoms with Crippen molar-refractivity contribution in [3.8, 4) is 22.4 Å². The predicted octanol–water partition coefficient (Wildman–Crippen LogP) is 3.89. The van der Waals surface area contributed by atoms with Gasteiger partial charge >= 0.3 is 17.7 Å². The minimum Gasteiger partial charge on any atom is -0.352 e. The van der Waals surface area contributed by atoms with Crippen molar-refractivity contribution in [2.24, 2.45) is 0 Å². The van der Waals surface area contributed by atoms with Crippen LogP contribution in [0.5, 0.6) is 0 Å². The second-order valence-corrected chi connectivity index (χ2v) is 7.80. The molecular formula is C23H20F4N4O3S. The number of nitrogens with zero attached hydrogens (tertiary/aromatic N) is 4. The third kappa shape index (κ3) is 6.27. The molecule has 0 spiro atoms. The quantitative estimate of drug-likeness (QED) is 0.393. The number of hydrogen-bond acceptors (Lipinski definition) is 6. The summed E-state index contributed by atoms with van der Waals surface area (Å²) in [6, 6.07) is 12.5. The summed E-state index contributed by atoms with van der Waals surface area (Å²) in [5.41, 5.74) is 2.46. The Bertz CT molecular complexity index is 1210. The summed E-state index contributed by atoms with van der Waals surface area (Å²) in [6.45, 7) is 3.22. The number of alkyl halides is 3. The largest absolute Gasteiger partial charge is 0.451 e. The van der Waals surface area contributed by atoms with Gasteiger partial charge in [-0.25, -0.2) is 14.4 Å². The second-order valence-electron chi connectivity index (χ2n) is 7.66. The zero-order chi connectivity index (χ0) is 25.6. The average molecular weight is 508 g/mol. The Hall–Kier alpha value is -3.67. The maximum absolute atomic E-state index is 13.8. The molecule has 1 fully saturated rings. The molecule has 1 aliphatic heterocycles. The van der Waals surface area contributed by atoms with Crippen molar-refractivity contribution in [2.75, 3.05) is 31.1 Å². The van der Waals surface area contributed by atoms with Crippen LogP contribution in [0, 0.1) is 12.7 Å². The molecule has 12 heteroatoms. The molecule has 1 saturated heterocycles. The van der Waals surface area contributed by atoms with E-state index in [1.165, 1.54) is 24.3 Å². The van der Waals surface area contributed by atoms with E-state index in [9.17, 15) is 22.4 Å². The molecule has 0 saturated carbocycles. The van der Waals surface area contributed by atoms with Crippen molar-refractivity contribution in [3.05, 3.63) is 65.7 Å². The fourth-order valence-electron chi connectivity index (χ4n) is 3.65. The molecule has 0 N–H and O–H groups in total. The molecule has 4 rings (SSSR count). The molecule has 2 aromatic carbocycles. The summed E-state index contributed by atoms with van der Waals surface area (Å²) in [5.74, 6) is -1.59. The minimum atomic E-state index is -4.75. The van der Waals surface area contributed by atoms with E-state index in [1.807, 2.05) is 6.92 Å². The monoisotopic (exact) mass is 508 g/mol. The molecule has 35 heavy (non-hydrogen) atoms. The fraction of sp³-hybridized carbons (Fsp3) is 0.261. The van der Waals surface area contributed by atoms with E-state index in [0.717, 1.165) is 12.0 Å². The lowest BCUT2D eigenvalue weighted by molar-refractivity contribution is -0.144. The number of carbonyl (C=O) groups is 1. The normalized spacial score (nSPS) is 13.6. The van der Waals surface area contributed by atoms with E-state index in [-0.39, 0.29) is 11.5 Å². The molecule has 3 aromatic rings. The maximum atomic E-state index is 13.8. The summed E-state index contributed by atoms with van der Waals surface area (Å²) in [5, 5.41) is 0. The average Bonchev–Trinajstić information content (AvgIpc) is 2.84. The Balaban J connectivity index is 0.00000108. The Morgan fingerprint density at radius 1 is 0.886 bits per heavy atom. The standard InChI is InChI=1S/C23H20F4N4O.O2S/c1-15-2-4-17(5-3-15)20-19(16-6-8-18(24)9-7-16)21(29-22(28-20)23(25,26)27)31-12-10-30(14-32)11-13-31;1-3-2/h2-9,14H,10-13H2,1H3;. The zero-order valence-corrected chi connectivity index (χ0v) is 19.3. The summed E-state index contributed by atoms with van der Waals surface area (Å²) in [6.07, 6.45) is -4.03. The van der Waals surface area contributed by atoms with E-state index in [1.54, 1.807) is 34.1 Å².